The molecule has 0 heterocycles. The van der Waals surface area contributed by atoms with Gasteiger partial charge in [0.1, 0.15) is 6.61 Å². The molecule has 0 aliphatic rings. The summed E-state index contributed by atoms with van der Waals surface area (Å²) >= 11 is 0. The van der Waals surface area contributed by atoms with Crippen LogP contribution in [0.5, 0.6) is 0 Å². The third kappa shape index (κ3) is 7.81. The van der Waals surface area contributed by atoms with Gasteiger partial charge in [-0.25, -0.2) is 0 Å². The van der Waals surface area contributed by atoms with Gasteiger partial charge in [-0.3, -0.25) is 0 Å². The standard InChI is InChI=1S/C4H10BF3O/c1-2-3-4-9-5(6,7)8/h9H,2-4H2,1H3. The number of hydrogen-bond acceptors (Lipinski definition) is 0. The molecule has 0 unspecified atom stereocenters. The molecular weight excluding hydrogens is 132 g/mol. The number of aliphatic hydroxyl groups is 1. The first-order chi connectivity index (χ1) is 4.06. The number of hydrogen-bond donors (Lipinski definition) is 0. The maximum absolute atomic E-state index is 11.3. The minimum absolute atomic E-state index is 0.0694. The van der Waals surface area contributed by atoms with Gasteiger partial charge in [0.2, 0.25) is 0 Å². The third-order valence-corrected chi connectivity index (χ3v) is 0.848. The van der Waals surface area contributed by atoms with E-state index >= 15 is 0 Å². The predicted octanol–water partition coefficient (Wildman–Crippen LogP) is 1.66. The highest BCUT2D eigenvalue weighted by Gasteiger charge is 2.37. The zero-order chi connectivity index (χ0) is 7.33. The SMILES string of the molecule is CCCC[OH+][B-](F)(F)F. The van der Waals surface area contributed by atoms with E-state index in [0.717, 1.165) is 6.42 Å². The van der Waals surface area contributed by atoms with Crippen LogP contribution in [-0.2, 0) is 0 Å². The van der Waals surface area contributed by atoms with E-state index in [-0.39, 0.29) is 6.61 Å². The number of halogens is 3. The Labute approximate surface area is 52.3 Å². The van der Waals surface area contributed by atoms with Crippen LogP contribution >= 0.6 is 0 Å². The van der Waals surface area contributed by atoms with Gasteiger partial charge in [0.15, 0.2) is 0 Å². The summed E-state index contributed by atoms with van der Waals surface area (Å²) in [5, 5.41) is 0. The topological polar surface area (TPSA) is 12.8 Å². The second-order valence-electron chi connectivity index (χ2n) is 1.80. The van der Waals surface area contributed by atoms with E-state index in [9.17, 15) is 12.9 Å². The predicted molar refractivity (Wildman–Crippen MR) is 31.1 cm³/mol. The van der Waals surface area contributed by atoms with Gasteiger partial charge in [-0.15, -0.1) is 0 Å². The fourth-order valence-electron chi connectivity index (χ4n) is 0.396. The Kier molecular flexibility index (Phi) is 3.69. The molecule has 0 aromatic carbocycles. The maximum atomic E-state index is 11.3. The molecule has 1 N–H and O–H groups in total. The molecule has 0 amide bonds. The quantitative estimate of drug-likeness (QED) is 0.321. The molecule has 0 atom stereocenters. The van der Waals surface area contributed by atoms with E-state index in [4.69, 9.17) is 0 Å². The van der Waals surface area contributed by atoms with Crippen molar-refractivity contribution < 1.29 is 17.6 Å². The van der Waals surface area contributed by atoms with Crippen LogP contribution in [-0.4, -0.2) is 18.4 Å². The highest BCUT2D eigenvalue weighted by Crippen LogP contribution is 2.06. The highest BCUT2D eigenvalue weighted by molar-refractivity contribution is 6.50. The van der Waals surface area contributed by atoms with Gasteiger partial charge in [0, 0.05) is 6.42 Å². The third-order valence-electron chi connectivity index (χ3n) is 0.848. The molecule has 0 radical (unpaired) electrons. The molecule has 0 saturated heterocycles. The van der Waals surface area contributed by atoms with Crippen molar-refractivity contribution in [3.05, 3.63) is 0 Å². The zero-order valence-corrected chi connectivity index (χ0v) is 5.28. The van der Waals surface area contributed by atoms with Crippen molar-refractivity contribution in [1.29, 1.82) is 0 Å². The van der Waals surface area contributed by atoms with Crippen LogP contribution in [0.3, 0.4) is 0 Å². The number of rotatable bonds is 4. The Bertz CT molecular complexity index is 72.7. The summed E-state index contributed by atoms with van der Waals surface area (Å²) in [6, 6.07) is 0. The summed E-state index contributed by atoms with van der Waals surface area (Å²) < 4.78 is 36.3. The molecule has 0 saturated carbocycles. The first-order valence-corrected chi connectivity index (χ1v) is 2.94. The van der Waals surface area contributed by atoms with E-state index in [1.54, 1.807) is 0 Å². The Morgan fingerprint density at radius 1 is 1.33 bits per heavy atom. The average molecular weight is 142 g/mol. The molecule has 9 heavy (non-hydrogen) atoms. The lowest BCUT2D eigenvalue weighted by atomic mass is 10.2. The summed E-state index contributed by atoms with van der Waals surface area (Å²) in [4.78, 5) is 0. The van der Waals surface area contributed by atoms with Crippen molar-refractivity contribution in [3.8, 4) is 0 Å². The maximum Gasteiger partial charge on any atom is 0.842 e. The largest absolute Gasteiger partial charge is 0.842 e. The fourth-order valence-corrected chi connectivity index (χ4v) is 0.396. The van der Waals surface area contributed by atoms with E-state index in [1.165, 1.54) is 0 Å². The van der Waals surface area contributed by atoms with E-state index < -0.39 is 7.18 Å². The van der Waals surface area contributed by atoms with Crippen LogP contribution < -0.4 is 0 Å². The van der Waals surface area contributed by atoms with Gasteiger partial charge in [-0.1, -0.05) is 6.92 Å². The van der Waals surface area contributed by atoms with Crippen LogP contribution in [0.15, 0.2) is 0 Å². The molecule has 5 heteroatoms. The first kappa shape index (κ1) is 8.81. The minimum Gasteiger partial charge on any atom is -0.593 e. The summed E-state index contributed by atoms with van der Waals surface area (Å²) in [6.07, 6.45) is 1.29. The molecular formula is C4H10BF3O. The molecule has 0 bridgehead atoms. The Morgan fingerprint density at radius 3 is 2.22 bits per heavy atom. The summed E-state index contributed by atoms with van der Waals surface area (Å²) in [6.45, 7) is 1.76. The normalized spacial score (nSPS) is 12.0. The van der Waals surface area contributed by atoms with Crippen LogP contribution in [0.2, 0.25) is 0 Å². The van der Waals surface area contributed by atoms with Crippen LogP contribution in [0.4, 0.5) is 12.9 Å². The molecule has 0 spiro atoms. The lowest BCUT2D eigenvalue weighted by molar-refractivity contribution is 0.0335. The molecule has 0 aromatic heterocycles. The fraction of sp³-hybridized carbons (Fsp3) is 1.00. The molecule has 0 aliphatic heterocycles. The lowest BCUT2D eigenvalue weighted by Gasteiger charge is -2.09. The van der Waals surface area contributed by atoms with Gasteiger partial charge < -0.3 is 17.6 Å². The highest BCUT2D eigenvalue weighted by atomic mass is 19.4. The smallest absolute Gasteiger partial charge is 0.593 e. The van der Waals surface area contributed by atoms with Crippen LogP contribution in [0.25, 0.3) is 0 Å². The van der Waals surface area contributed by atoms with Crippen molar-refractivity contribution in [3.63, 3.8) is 0 Å². The van der Waals surface area contributed by atoms with Gasteiger partial charge in [0.25, 0.3) is 0 Å². The Morgan fingerprint density at radius 2 is 1.89 bits per heavy atom. The van der Waals surface area contributed by atoms with Crippen molar-refractivity contribution in [2.24, 2.45) is 0 Å². The zero-order valence-electron chi connectivity index (χ0n) is 5.28. The van der Waals surface area contributed by atoms with Gasteiger partial charge in [0.05, 0.1) is 0 Å². The average Bonchev–Trinajstić information content (AvgIpc) is 1.63. The summed E-state index contributed by atoms with van der Waals surface area (Å²) in [5.74, 6) is 0. The lowest BCUT2D eigenvalue weighted by Crippen LogP contribution is -2.26. The van der Waals surface area contributed by atoms with E-state index in [1.807, 2.05) is 6.92 Å². The number of unbranched alkanes of at least 4 members (excludes halogenated alkanes) is 1. The van der Waals surface area contributed by atoms with E-state index in [2.05, 4.69) is 4.65 Å². The molecule has 0 rings (SSSR count). The molecule has 56 valence electrons. The van der Waals surface area contributed by atoms with E-state index in [0.29, 0.717) is 6.42 Å². The summed E-state index contributed by atoms with van der Waals surface area (Å²) in [7, 11) is -4.88. The van der Waals surface area contributed by atoms with Gasteiger partial charge in [-0.2, -0.15) is 0 Å². The molecule has 0 aromatic rings. The second kappa shape index (κ2) is 3.77. The minimum atomic E-state index is -4.88. The second-order valence-corrected chi connectivity index (χ2v) is 1.80. The van der Waals surface area contributed by atoms with Crippen molar-refractivity contribution in [2.75, 3.05) is 6.61 Å². The molecule has 0 aliphatic carbocycles. The Hall–Kier alpha value is -0.185. The summed E-state index contributed by atoms with van der Waals surface area (Å²) in [5.41, 5.74) is 0. The van der Waals surface area contributed by atoms with Crippen molar-refractivity contribution >= 4 is 7.18 Å². The Balaban J connectivity index is 3.07. The first-order valence-electron chi connectivity index (χ1n) is 2.94. The van der Waals surface area contributed by atoms with Gasteiger partial charge in [-0.05, 0) is 6.42 Å². The monoisotopic (exact) mass is 142 g/mol. The van der Waals surface area contributed by atoms with Crippen LogP contribution in [0.1, 0.15) is 19.8 Å². The van der Waals surface area contributed by atoms with Crippen LogP contribution in [0, 0.1) is 0 Å². The van der Waals surface area contributed by atoms with Gasteiger partial charge >= 0.3 is 7.18 Å². The molecule has 0 fully saturated rings. The van der Waals surface area contributed by atoms with Crippen molar-refractivity contribution in [2.45, 2.75) is 19.8 Å². The van der Waals surface area contributed by atoms with Crippen molar-refractivity contribution in [1.82, 2.24) is 0 Å². The molecule has 1 nitrogen and oxygen atoms in total.